The topological polar surface area (TPSA) is 66.8 Å². The van der Waals surface area contributed by atoms with Crippen LogP contribution in [-0.2, 0) is 11.2 Å². The van der Waals surface area contributed by atoms with Gasteiger partial charge >= 0.3 is 12.1 Å². The number of benzene rings is 1. The number of ether oxygens (including phenoxy) is 1. The van der Waals surface area contributed by atoms with Crippen molar-refractivity contribution in [2.75, 3.05) is 17.5 Å². The second-order valence-electron chi connectivity index (χ2n) is 6.22. The number of nitrogens with zero attached hydrogens (tertiary/aromatic N) is 1. The standard InChI is InChI=1S/C17H24INO4/c1-17(2,3)23-16(22)19(11-6-10-18)12-9-13-7-4-5-8-14(13)15(20)21/h4-5,7-8H,6,9-12H2,1-3H3,(H,20,21). The fraction of sp³-hybridized carbons (Fsp3) is 0.529. The number of hydrogen-bond donors (Lipinski definition) is 1. The average Bonchev–Trinajstić information content (AvgIpc) is 2.45. The summed E-state index contributed by atoms with van der Waals surface area (Å²) in [6.07, 6.45) is 1.01. The molecule has 0 aliphatic heterocycles. The van der Waals surface area contributed by atoms with E-state index >= 15 is 0 Å². The van der Waals surface area contributed by atoms with Gasteiger partial charge in [0.25, 0.3) is 0 Å². The number of aromatic carboxylic acids is 1. The number of carboxylic acids is 1. The molecule has 23 heavy (non-hydrogen) atoms. The van der Waals surface area contributed by atoms with Crippen LogP contribution >= 0.6 is 22.6 Å². The molecule has 1 aromatic rings. The van der Waals surface area contributed by atoms with Crippen LogP contribution in [0.3, 0.4) is 0 Å². The first-order valence-corrected chi connectivity index (χ1v) is 9.12. The summed E-state index contributed by atoms with van der Waals surface area (Å²) in [6.45, 7) is 6.55. The van der Waals surface area contributed by atoms with Crippen molar-refractivity contribution in [3.05, 3.63) is 35.4 Å². The molecule has 0 saturated carbocycles. The molecule has 0 radical (unpaired) electrons. The molecule has 0 heterocycles. The first-order valence-electron chi connectivity index (χ1n) is 7.59. The fourth-order valence-electron chi connectivity index (χ4n) is 2.07. The summed E-state index contributed by atoms with van der Waals surface area (Å²) in [5.41, 5.74) is 0.465. The Kier molecular flexibility index (Phi) is 7.81. The zero-order valence-electron chi connectivity index (χ0n) is 13.8. The molecule has 1 N–H and O–H groups in total. The van der Waals surface area contributed by atoms with Crippen LogP contribution in [0.2, 0.25) is 0 Å². The predicted octanol–water partition coefficient (Wildman–Crippen LogP) is 3.99. The highest BCUT2D eigenvalue weighted by atomic mass is 127. The van der Waals surface area contributed by atoms with E-state index in [4.69, 9.17) is 4.74 Å². The summed E-state index contributed by atoms with van der Waals surface area (Å²) < 4.78 is 6.38. The molecule has 0 fully saturated rings. The Morgan fingerprint density at radius 1 is 1.22 bits per heavy atom. The van der Waals surface area contributed by atoms with E-state index in [2.05, 4.69) is 22.6 Å². The van der Waals surface area contributed by atoms with Gasteiger partial charge in [0, 0.05) is 17.5 Å². The number of rotatable bonds is 7. The van der Waals surface area contributed by atoms with Gasteiger partial charge in [-0.2, -0.15) is 0 Å². The van der Waals surface area contributed by atoms with Gasteiger partial charge in [-0.25, -0.2) is 9.59 Å². The maximum atomic E-state index is 12.3. The Morgan fingerprint density at radius 2 is 1.87 bits per heavy atom. The van der Waals surface area contributed by atoms with Crippen LogP contribution in [0.15, 0.2) is 24.3 Å². The number of halogens is 1. The molecular weight excluding hydrogens is 409 g/mol. The summed E-state index contributed by atoms with van der Waals surface area (Å²) in [5, 5.41) is 9.23. The van der Waals surface area contributed by atoms with E-state index < -0.39 is 11.6 Å². The van der Waals surface area contributed by atoms with Gasteiger partial charge in [0.2, 0.25) is 0 Å². The molecule has 0 unspecified atom stereocenters. The van der Waals surface area contributed by atoms with Crippen molar-refractivity contribution in [2.45, 2.75) is 39.2 Å². The normalized spacial score (nSPS) is 11.1. The summed E-state index contributed by atoms with van der Waals surface area (Å²) in [5.74, 6) is -0.948. The van der Waals surface area contributed by atoms with Crippen molar-refractivity contribution in [1.29, 1.82) is 0 Å². The highest BCUT2D eigenvalue weighted by Crippen LogP contribution is 2.14. The highest BCUT2D eigenvalue weighted by molar-refractivity contribution is 14.1. The second kappa shape index (κ2) is 9.10. The number of carbonyl (C=O) groups is 2. The summed E-state index contributed by atoms with van der Waals surface area (Å²) in [6, 6.07) is 6.88. The minimum Gasteiger partial charge on any atom is -0.478 e. The van der Waals surface area contributed by atoms with Crippen molar-refractivity contribution in [1.82, 2.24) is 4.90 Å². The zero-order chi connectivity index (χ0) is 17.5. The van der Waals surface area contributed by atoms with E-state index in [1.807, 2.05) is 26.8 Å². The summed E-state index contributed by atoms with van der Waals surface area (Å²) >= 11 is 2.27. The van der Waals surface area contributed by atoms with Crippen molar-refractivity contribution in [3.8, 4) is 0 Å². The number of amides is 1. The van der Waals surface area contributed by atoms with Crippen molar-refractivity contribution in [3.63, 3.8) is 0 Å². The quantitative estimate of drug-likeness (QED) is 0.522. The summed E-state index contributed by atoms with van der Waals surface area (Å²) in [7, 11) is 0. The molecule has 0 spiro atoms. The van der Waals surface area contributed by atoms with Crippen LogP contribution in [0, 0.1) is 0 Å². The molecule has 0 atom stereocenters. The van der Waals surface area contributed by atoms with Gasteiger partial charge in [-0.3, -0.25) is 0 Å². The lowest BCUT2D eigenvalue weighted by molar-refractivity contribution is 0.0253. The third kappa shape index (κ3) is 7.20. The lowest BCUT2D eigenvalue weighted by Gasteiger charge is -2.27. The maximum Gasteiger partial charge on any atom is 0.410 e. The molecule has 0 aliphatic rings. The SMILES string of the molecule is CC(C)(C)OC(=O)N(CCCI)CCc1ccccc1C(=O)O. The van der Waals surface area contributed by atoms with Crippen LogP contribution in [0.1, 0.15) is 43.1 Å². The molecule has 0 aliphatic carbocycles. The Hall–Kier alpha value is -1.31. The average molecular weight is 433 g/mol. The Labute approximate surface area is 151 Å². The van der Waals surface area contributed by atoms with E-state index in [0.29, 0.717) is 19.5 Å². The first-order chi connectivity index (χ1) is 10.7. The zero-order valence-corrected chi connectivity index (χ0v) is 16.0. The van der Waals surface area contributed by atoms with Crippen molar-refractivity contribution in [2.24, 2.45) is 0 Å². The Bertz CT molecular complexity index is 540. The van der Waals surface area contributed by atoms with Gasteiger partial charge in [-0.1, -0.05) is 40.8 Å². The molecule has 6 heteroatoms. The molecular formula is C17H24INO4. The van der Waals surface area contributed by atoms with Crippen LogP contribution in [0.4, 0.5) is 4.79 Å². The second-order valence-corrected chi connectivity index (χ2v) is 7.30. The van der Waals surface area contributed by atoms with Crippen molar-refractivity contribution >= 4 is 34.7 Å². The Balaban J connectivity index is 2.78. The molecule has 1 rings (SSSR count). The molecule has 0 aromatic heterocycles. The fourth-order valence-corrected chi connectivity index (χ4v) is 2.41. The number of alkyl halides is 1. The number of carbonyl (C=O) groups excluding carboxylic acids is 1. The molecule has 1 aromatic carbocycles. The highest BCUT2D eigenvalue weighted by Gasteiger charge is 2.22. The number of hydrogen-bond acceptors (Lipinski definition) is 3. The third-order valence-electron chi connectivity index (χ3n) is 3.11. The molecule has 0 bridgehead atoms. The monoisotopic (exact) mass is 433 g/mol. The molecule has 5 nitrogen and oxygen atoms in total. The van der Waals surface area contributed by atoms with Gasteiger partial charge in [0.05, 0.1) is 5.56 Å². The maximum absolute atomic E-state index is 12.3. The van der Waals surface area contributed by atoms with E-state index in [-0.39, 0.29) is 11.7 Å². The van der Waals surface area contributed by atoms with Gasteiger partial charge in [0.1, 0.15) is 5.60 Å². The minimum absolute atomic E-state index is 0.283. The molecule has 128 valence electrons. The van der Waals surface area contributed by atoms with Gasteiger partial charge in [-0.05, 0) is 45.2 Å². The van der Waals surface area contributed by atoms with E-state index in [0.717, 1.165) is 16.4 Å². The van der Waals surface area contributed by atoms with Gasteiger partial charge in [-0.15, -0.1) is 0 Å². The van der Waals surface area contributed by atoms with E-state index in [9.17, 15) is 14.7 Å². The molecule has 1 amide bonds. The molecule has 0 saturated heterocycles. The van der Waals surface area contributed by atoms with Crippen LogP contribution < -0.4 is 0 Å². The van der Waals surface area contributed by atoms with Crippen LogP contribution in [0.25, 0.3) is 0 Å². The smallest absolute Gasteiger partial charge is 0.410 e. The van der Waals surface area contributed by atoms with Crippen molar-refractivity contribution < 1.29 is 19.4 Å². The minimum atomic E-state index is -0.948. The summed E-state index contributed by atoms with van der Waals surface area (Å²) in [4.78, 5) is 25.2. The predicted molar refractivity (Wildman–Crippen MR) is 98.4 cm³/mol. The first kappa shape index (κ1) is 19.7. The van der Waals surface area contributed by atoms with Gasteiger partial charge in [0.15, 0.2) is 0 Å². The van der Waals surface area contributed by atoms with Crippen LogP contribution in [0.5, 0.6) is 0 Å². The lowest BCUT2D eigenvalue weighted by atomic mass is 10.0. The number of carboxylic acid groups (broad SMARTS) is 1. The Morgan fingerprint density at radius 3 is 2.43 bits per heavy atom. The van der Waals surface area contributed by atoms with E-state index in [1.165, 1.54) is 0 Å². The van der Waals surface area contributed by atoms with Crippen LogP contribution in [-0.4, -0.2) is 45.2 Å². The van der Waals surface area contributed by atoms with E-state index in [1.54, 1.807) is 23.1 Å². The third-order valence-corrected chi connectivity index (χ3v) is 3.87. The largest absolute Gasteiger partial charge is 0.478 e. The lowest BCUT2D eigenvalue weighted by Crippen LogP contribution is -2.38. The van der Waals surface area contributed by atoms with Gasteiger partial charge < -0.3 is 14.7 Å².